The van der Waals surface area contributed by atoms with Gasteiger partial charge >= 0.3 is 0 Å². The number of hydrogen-bond acceptors (Lipinski definition) is 3. The van der Waals surface area contributed by atoms with Crippen molar-refractivity contribution in [3.8, 4) is 0 Å². The average Bonchev–Trinajstić information content (AvgIpc) is 2.65. The van der Waals surface area contributed by atoms with Crippen molar-refractivity contribution in [2.24, 2.45) is 0 Å². The van der Waals surface area contributed by atoms with Crippen LogP contribution in [-0.2, 0) is 6.42 Å². The fraction of sp³-hybridized carbons (Fsp3) is 0.333. The largest absolute Gasteiger partial charge is 0.294 e. The van der Waals surface area contributed by atoms with Crippen LogP contribution in [0.1, 0.15) is 44.0 Å². The van der Waals surface area contributed by atoms with E-state index in [2.05, 4.69) is 37.0 Å². The van der Waals surface area contributed by atoms with Crippen LogP contribution in [0.25, 0.3) is 0 Å². The van der Waals surface area contributed by atoms with Crippen molar-refractivity contribution >= 4 is 17.1 Å². The number of thiazole rings is 1. The number of ketones is 1. The van der Waals surface area contributed by atoms with Gasteiger partial charge in [-0.05, 0) is 37.5 Å². The van der Waals surface area contributed by atoms with E-state index in [-0.39, 0.29) is 5.78 Å². The van der Waals surface area contributed by atoms with Gasteiger partial charge < -0.3 is 0 Å². The number of Topliss-reactive ketones (excluding diaryl/α,β-unsaturated/α-hetero) is 1. The quantitative estimate of drug-likeness (QED) is 0.783. The molecule has 0 spiro atoms. The molecule has 2 rings (SSSR count). The van der Waals surface area contributed by atoms with E-state index in [1.54, 1.807) is 6.92 Å². The van der Waals surface area contributed by atoms with Crippen LogP contribution in [0, 0.1) is 20.8 Å². The van der Waals surface area contributed by atoms with E-state index < -0.39 is 0 Å². The smallest absolute Gasteiger partial charge is 0.171 e. The number of nitrogens with zero attached hydrogens (tertiary/aromatic N) is 1. The van der Waals surface area contributed by atoms with Crippen molar-refractivity contribution in [2.75, 3.05) is 0 Å². The normalized spacial score (nSPS) is 10.7. The van der Waals surface area contributed by atoms with Gasteiger partial charge in [-0.25, -0.2) is 4.98 Å². The molecular formula is C15H17NOS. The molecule has 2 aromatic rings. The zero-order valence-electron chi connectivity index (χ0n) is 11.2. The van der Waals surface area contributed by atoms with E-state index in [9.17, 15) is 4.79 Å². The Labute approximate surface area is 112 Å². The van der Waals surface area contributed by atoms with Crippen LogP contribution in [0.5, 0.6) is 0 Å². The minimum Gasteiger partial charge on any atom is -0.294 e. The van der Waals surface area contributed by atoms with E-state index in [1.807, 2.05) is 6.92 Å². The van der Waals surface area contributed by atoms with Gasteiger partial charge in [0.2, 0.25) is 0 Å². The standard InChI is InChI=1S/C15H17NOS/c1-9-5-6-13(7-10(9)2)8-14-16-11(3)15(18-14)12(4)17/h5-7H,8H2,1-4H3. The molecule has 0 amide bonds. The van der Waals surface area contributed by atoms with Gasteiger partial charge in [0.1, 0.15) is 0 Å². The highest BCUT2D eigenvalue weighted by Gasteiger charge is 2.11. The van der Waals surface area contributed by atoms with Gasteiger partial charge in [0.05, 0.1) is 15.6 Å². The van der Waals surface area contributed by atoms with Gasteiger partial charge in [0, 0.05) is 13.3 Å². The first-order chi connectivity index (χ1) is 8.47. The zero-order chi connectivity index (χ0) is 13.3. The Hall–Kier alpha value is -1.48. The van der Waals surface area contributed by atoms with Crippen molar-refractivity contribution in [3.05, 3.63) is 50.5 Å². The first kappa shape index (κ1) is 13.0. The molecule has 0 radical (unpaired) electrons. The fourth-order valence-corrected chi connectivity index (χ4v) is 2.94. The average molecular weight is 259 g/mol. The lowest BCUT2D eigenvalue weighted by Crippen LogP contribution is -1.90. The Morgan fingerprint density at radius 1 is 1.22 bits per heavy atom. The molecule has 0 aliphatic rings. The molecule has 0 unspecified atom stereocenters. The zero-order valence-corrected chi connectivity index (χ0v) is 12.0. The monoisotopic (exact) mass is 259 g/mol. The second-order valence-electron chi connectivity index (χ2n) is 4.67. The third-order valence-electron chi connectivity index (χ3n) is 3.09. The molecule has 0 saturated heterocycles. The van der Waals surface area contributed by atoms with E-state index in [1.165, 1.54) is 28.0 Å². The Balaban J connectivity index is 2.26. The van der Waals surface area contributed by atoms with Crippen molar-refractivity contribution in [2.45, 2.75) is 34.1 Å². The molecule has 3 heteroatoms. The summed E-state index contributed by atoms with van der Waals surface area (Å²) in [4.78, 5) is 16.7. The molecule has 0 N–H and O–H groups in total. The summed E-state index contributed by atoms with van der Waals surface area (Å²) < 4.78 is 0. The first-order valence-electron chi connectivity index (χ1n) is 6.00. The van der Waals surface area contributed by atoms with E-state index in [4.69, 9.17) is 0 Å². The highest BCUT2D eigenvalue weighted by molar-refractivity contribution is 7.13. The highest BCUT2D eigenvalue weighted by Crippen LogP contribution is 2.22. The lowest BCUT2D eigenvalue weighted by Gasteiger charge is -2.03. The number of carbonyl (C=O) groups is 1. The second kappa shape index (κ2) is 5.02. The van der Waals surface area contributed by atoms with Crippen LogP contribution >= 0.6 is 11.3 Å². The summed E-state index contributed by atoms with van der Waals surface area (Å²) in [5, 5.41) is 1.01. The highest BCUT2D eigenvalue weighted by atomic mass is 32.1. The number of aromatic nitrogens is 1. The van der Waals surface area contributed by atoms with Gasteiger partial charge in [0.25, 0.3) is 0 Å². The van der Waals surface area contributed by atoms with Crippen molar-refractivity contribution in [1.82, 2.24) is 4.98 Å². The lowest BCUT2D eigenvalue weighted by molar-refractivity contribution is 0.102. The Morgan fingerprint density at radius 3 is 2.50 bits per heavy atom. The van der Waals surface area contributed by atoms with Crippen LogP contribution in [-0.4, -0.2) is 10.8 Å². The van der Waals surface area contributed by atoms with Crippen molar-refractivity contribution in [3.63, 3.8) is 0 Å². The summed E-state index contributed by atoms with van der Waals surface area (Å²) in [6, 6.07) is 6.46. The van der Waals surface area contributed by atoms with Crippen molar-refractivity contribution < 1.29 is 4.79 Å². The van der Waals surface area contributed by atoms with Gasteiger partial charge in [-0.3, -0.25) is 4.79 Å². The van der Waals surface area contributed by atoms with Gasteiger partial charge in [-0.1, -0.05) is 18.2 Å². The predicted molar refractivity (Wildman–Crippen MR) is 75.6 cm³/mol. The number of aryl methyl sites for hydroxylation is 3. The molecule has 1 heterocycles. The Morgan fingerprint density at radius 2 is 1.94 bits per heavy atom. The number of hydrogen-bond donors (Lipinski definition) is 0. The van der Waals surface area contributed by atoms with E-state index in [0.29, 0.717) is 0 Å². The Kier molecular flexibility index (Phi) is 3.62. The summed E-state index contributed by atoms with van der Waals surface area (Å²) in [5.74, 6) is 0.108. The molecule has 1 aromatic heterocycles. The van der Waals surface area contributed by atoms with Crippen LogP contribution < -0.4 is 0 Å². The fourth-order valence-electron chi connectivity index (χ4n) is 1.94. The molecule has 94 valence electrons. The maximum atomic E-state index is 11.4. The van der Waals surface area contributed by atoms with Crippen LogP contribution in [0.3, 0.4) is 0 Å². The topological polar surface area (TPSA) is 30.0 Å². The summed E-state index contributed by atoms with van der Waals surface area (Å²) in [6.07, 6.45) is 0.805. The number of carbonyl (C=O) groups excluding carboxylic acids is 1. The molecule has 0 atom stereocenters. The predicted octanol–water partition coefficient (Wildman–Crippen LogP) is 3.86. The number of benzene rings is 1. The first-order valence-corrected chi connectivity index (χ1v) is 6.82. The maximum Gasteiger partial charge on any atom is 0.171 e. The minimum atomic E-state index is 0.108. The summed E-state index contributed by atoms with van der Waals surface area (Å²) in [7, 11) is 0. The maximum absolute atomic E-state index is 11.4. The second-order valence-corrected chi connectivity index (χ2v) is 5.76. The molecule has 1 aromatic carbocycles. The molecule has 2 nitrogen and oxygen atoms in total. The lowest BCUT2D eigenvalue weighted by atomic mass is 10.0. The summed E-state index contributed by atoms with van der Waals surface area (Å²) >= 11 is 1.51. The van der Waals surface area contributed by atoms with Crippen LogP contribution in [0.2, 0.25) is 0 Å². The van der Waals surface area contributed by atoms with E-state index in [0.717, 1.165) is 22.0 Å². The van der Waals surface area contributed by atoms with Gasteiger partial charge in [-0.15, -0.1) is 11.3 Å². The minimum absolute atomic E-state index is 0.108. The summed E-state index contributed by atoms with van der Waals surface area (Å²) in [6.45, 7) is 7.73. The molecule has 0 bridgehead atoms. The van der Waals surface area contributed by atoms with Gasteiger partial charge in [0.15, 0.2) is 5.78 Å². The van der Waals surface area contributed by atoms with Crippen LogP contribution in [0.4, 0.5) is 0 Å². The Bertz CT molecular complexity index is 599. The van der Waals surface area contributed by atoms with Crippen molar-refractivity contribution in [1.29, 1.82) is 0 Å². The summed E-state index contributed by atoms with van der Waals surface area (Å²) in [5.41, 5.74) is 4.71. The number of rotatable bonds is 3. The molecule has 0 saturated carbocycles. The van der Waals surface area contributed by atoms with E-state index >= 15 is 0 Å². The molecule has 18 heavy (non-hydrogen) atoms. The molecule has 0 aliphatic heterocycles. The van der Waals surface area contributed by atoms with Gasteiger partial charge in [-0.2, -0.15) is 0 Å². The molecule has 0 aliphatic carbocycles. The SMILES string of the molecule is CC(=O)c1sc(Cc2ccc(C)c(C)c2)nc1C. The third kappa shape index (κ3) is 2.67. The van der Waals surface area contributed by atoms with Crippen LogP contribution in [0.15, 0.2) is 18.2 Å². The third-order valence-corrected chi connectivity index (χ3v) is 4.35. The molecule has 0 fully saturated rings. The molecular weight excluding hydrogens is 242 g/mol.